The van der Waals surface area contributed by atoms with Crippen molar-refractivity contribution < 1.29 is 5.11 Å². The number of phenolic OH excluding ortho intramolecular Hbond substituents is 1. The van der Waals surface area contributed by atoms with E-state index in [2.05, 4.69) is 51.0 Å². The van der Waals surface area contributed by atoms with Crippen LogP contribution in [-0.4, -0.2) is 37.9 Å². The van der Waals surface area contributed by atoms with E-state index in [4.69, 9.17) is 0 Å². The molecule has 146 valence electrons. The minimum atomic E-state index is 0.378. The van der Waals surface area contributed by atoms with Crippen LogP contribution in [0.3, 0.4) is 0 Å². The molecule has 6 heteroatoms. The largest absolute Gasteiger partial charge is 0.508 e. The first kappa shape index (κ1) is 19.0. The van der Waals surface area contributed by atoms with E-state index in [0.29, 0.717) is 11.7 Å². The van der Waals surface area contributed by atoms with Gasteiger partial charge in [-0.15, -0.1) is 10.2 Å². The van der Waals surface area contributed by atoms with Gasteiger partial charge < -0.3 is 9.67 Å². The summed E-state index contributed by atoms with van der Waals surface area (Å²) in [4.78, 5) is 2.41. The lowest BCUT2D eigenvalue weighted by Gasteiger charge is -2.32. The van der Waals surface area contributed by atoms with Crippen molar-refractivity contribution in [1.82, 2.24) is 19.7 Å². The van der Waals surface area contributed by atoms with Crippen molar-refractivity contribution in [2.24, 2.45) is 7.05 Å². The summed E-state index contributed by atoms with van der Waals surface area (Å²) in [5.74, 6) is 2.72. The van der Waals surface area contributed by atoms with E-state index < -0.39 is 0 Å². The Labute approximate surface area is 170 Å². The molecule has 2 aromatic carbocycles. The Morgan fingerprint density at radius 2 is 1.86 bits per heavy atom. The number of thioether (sulfide) groups is 1. The van der Waals surface area contributed by atoms with E-state index in [1.807, 2.05) is 24.3 Å². The zero-order valence-electron chi connectivity index (χ0n) is 16.2. The molecule has 1 fully saturated rings. The van der Waals surface area contributed by atoms with Crippen LogP contribution < -0.4 is 0 Å². The van der Waals surface area contributed by atoms with Crippen molar-refractivity contribution in [2.45, 2.75) is 36.2 Å². The number of piperidine rings is 1. The number of rotatable bonds is 6. The Hall–Kier alpha value is -2.31. The summed E-state index contributed by atoms with van der Waals surface area (Å²) in [7, 11) is 2.07. The second-order valence-corrected chi connectivity index (χ2v) is 8.32. The fraction of sp³-hybridized carbons (Fsp3) is 0.364. The summed E-state index contributed by atoms with van der Waals surface area (Å²) in [6.45, 7) is 2.78. The molecule has 1 saturated heterocycles. The molecule has 2 heterocycles. The molecule has 5 nitrogen and oxygen atoms in total. The maximum Gasteiger partial charge on any atom is 0.191 e. The van der Waals surface area contributed by atoms with Gasteiger partial charge in [0, 0.05) is 37.4 Å². The topological polar surface area (TPSA) is 54.2 Å². The van der Waals surface area contributed by atoms with E-state index in [0.717, 1.165) is 54.8 Å². The fourth-order valence-electron chi connectivity index (χ4n) is 3.82. The van der Waals surface area contributed by atoms with Gasteiger partial charge in [-0.05, 0) is 31.0 Å². The number of hydrogen-bond acceptors (Lipinski definition) is 5. The van der Waals surface area contributed by atoms with Crippen LogP contribution in [0.15, 0.2) is 59.8 Å². The third kappa shape index (κ3) is 4.39. The SMILES string of the molecule is Cn1c(SCc2ccccc2)nnc1[C@@H]1CCCN(Cc2ccccc2O)C1. The van der Waals surface area contributed by atoms with E-state index in [9.17, 15) is 5.11 Å². The normalized spacial score (nSPS) is 17.7. The van der Waals surface area contributed by atoms with Crippen LogP contribution in [0.4, 0.5) is 0 Å². The molecule has 28 heavy (non-hydrogen) atoms. The van der Waals surface area contributed by atoms with Crippen molar-refractivity contribution in [3.63, 3.8) is 0 Å². The first-order valence-corrected chi connectivity index (χ1v) is 10.7. The zero-order chi connectivity index (χ0) is 19.3. The highest BCUT2D eigenvalue weighted by Gasteiger charge is 2.26. The summed E-state index contributed by atoms with van der Waals surface area (Å²) in [5, 5.41) is 20.0. The molecule has 0 unspecified atom stereocenters. The van der Waals surface area contributed by atoms with Crippen molar-refractivity contribution in [3.8, 4) is 5.75 Å². The standard InChI is InChI=1S/C22H26N4OS/c1-25-21(23-24-22(25)28-16-17-8-3-2-4-9-17)19-11-7-13-26(15-19)14-18-10-5-6-12-20(18)27/h2-6,8-10,12,19,27H,7,11,13-16H2,1H3/t19-/m1/s1. The molecule has 1 atom stereocenters. The van der Waals surface area contributed by atoms with Gasteiger partial charge in [-0.1, -0.05) is 60.3 Å². The predicted molar refractivity (Wildman–Crippen MR) is 112 cm³/mol. The molecular weight excluding hydrogens is 368 g/mol. The maximum atomic E-state index is 10.1. The lowest BCUT2D eigenvalue weighted by atomic mass is 9.96. The number of phenols is 1. The number of para-hydroxylation sites is 1. The van der Waals surface area contributed by atoms with Gasteiger partial charge in [0.25, 0.3) is 0 Å². The van der Waals surface area contributed by atoms with Gasteiger partial charge in [0.1, 0.15) is 11.6 Å². The van der Waals surface area contributed by atoms with E-state index in [1.54, 1.807) is 17.8 Å². The van der Waals surface area contributed by atoms with E-state index in [-0.39, 0.29) is 0 Å². The molecule has 4 rings (SSSR count). The minimum absolute atomic E-state index is 0.378. The fourth-order valence-corrected chi connectivity index (χ4v) is 4.70. The molecule has 3 aromatic rings. The molecule has 1 aliphatic rings. The van der Waals surface area contributed by atoms with Gasteiger partial charge in [-0.25, -0.2) is 0 Å². The molecule has 0 aliphatic carbocycles. The summed E-state index contributed by atoms with van der Waals surface area (Å²) in [5.41, 5.74) is 2.28. The summed E-state index contributed by atoms with van der Waals surface area (Å²) >= 11 is 1.73. The van der Waals surface area contributed by atoms with Crippen LogP contribution in [-0.2, 0) is 19.3 Å². The Morgan fingerprint density at radius 3 is 2.68 bits per heavy atom. The second kappa shape index (κ2) is 8.80. The number of aromatic hydroxyl groups is 1. The predicted octanol–water partition coefficient (Wildman–Crippen LogP) is 4.19. The number of likely N-dealkylation sites (tertiary alicyclic amines) is 1. The van der Waals surface area contributed by atoms with Crippen molar-refractivity contribution >= 4 is 11.8 Å². The van der Waals surface area contributed by atoms with Gasteiger partial charge in [-0.3, -0.25) is 4.90 Å². The van der Waals surface area contributed by atoms with Crippen LogP contribution in [0.5, 0.6) is 5.75 Å². The number of hydrogen-bond donors (Lipinski definition) is 1. The number of aromatic nitrogens is 3. The van der Waals surface area contributed by atoms with Gasteiger partial charge in [-0.2, -0.15) is 0 Å². The Bertz CT molecular complexity index is 912. The monoisotopic (exact) mass is 394 g/mol. The molecule has 0 radical (unpaired) electrons. The average molecular weight is 395 g/mol. The van der Waals surface area contributed by atoms with Crippen LogP contribution in [0.2, 0.25) is 0 Å². The first-order valence-electron chi connectivity index (χ1n) is 9.76. The Morgan fingerprint density at radius 1 is 1.07 bits per heavy atom. The highest BCUT2D eigenvalue weighted by molar-refractivity contribution is 7.98. The van der Waals surface area contributed by atoms with Gasteiger partial charge >= 0.3 is 0 Å². The van der Waals surface area contributed by atoms with Crippen LogP contribution in [0.1, 0.15) is 35.7 Å². The third-order valence-electron chi connectivity index (χ3n) is 5.34. The van der Waals surface area contributed by atoms with E-state index >= 15 is 0 Å². The maximum absolute atomic E-state index is 10.1. The first-order chi connectivity index (χ1) is 13.7. The summed E-state index contributed by atoms with van der Waals surface area (Å²) < 4.78 is 2.15. The number of nitrogens with zero attached hydrogens (tertiary/aromatic N) is 4. The highest BCUT2D eigenvalue weighted by Crippen LogP contribution is 2.30. The molecule has 1 N–H and O–H groups in total. The second-order valence-electron chi connectivity index (χ2n) is 7.38. The molecule has 0 bridgehead atoms. The quantitative estimate of drug-likeness (QED) is 0.635. The van der Waals surface area contributed by atoms with Crippen molar-refractivity contribution in [2.75, 3.05) is 13.1 Å². The van der Waals surface area contributed by atoms with Gasteiger partial charge in [0.2, 0.25) is 0 Å². The molecule has 1 aromatic heterocycles. The van der Waals surface area contributed by atoms with E-state index in [1.165, 1.54) is 5.56 Å². The Balaban J connectivity index is 1.41. The summed E-state index contributed by atoms with van der Waals surface area (Å²) in [6.07, 6.45) is 2.27. The lowest BCUT2D eigenvalue weighted by Crippen LogP contribution is -2.34. The van der Waals surface area contributed by atoms with Gasteiger partial charge in [0.05, 0.1) is 0 Å². The molecular formula is C22H26N4OS. The molecule has 0 saturated carbocycles. The van der Waals surface area contributed by atoms with Crippen molar-refractivity contribution in [3.05, 3.63) is 71.5 Å². The highest BCUT2D eigenvalue weighted by atomic mass is 32.2. The smallest absolute Gasteiger partial charge is 0.191 e. The lowest BCUT2D eigenvalue weighted by molar-refractivity contribution is 0.193. The molecule has 1 aliphatic heterocycles. The van der Waals surface area contributed by atoms with Crippen molar-refractivity contribution in [1.29, 1.82) is 0 Å². The van der Waals surface area contributed by atoms with Crippen LogP contribution >= 0.6 is 11.8 Å². The zero-order valence-corrected chi connectivity index (χ0v) is 17.0. The van der Waals surface area contributed by atoms with Crippen LogP contribution in [0.25, 0.3) is 0 Å². The Kier molecular flexibility index (Phi) is 5.98. The minimum Gasteiger partial charge on any atom is -0.508 e. The molecule has 0 spiro atoms. The third-order valence-corrected chi connectivity index (χ3v) is 6.43. The van der Waals surface area contributed by atoms with Gasteiger partial charge in [0.15, 0.2) is 5.16 Å². The summed E-state index contributed by atoms with van der Waals surface area (Å²) in [6, 6.07) is 18.1. The van der Waals surface area contributed by atoms with Crippen LogP contribution in [0, 0.1) is 0 Å². The number of benzene rings is 2. The average Bonchev–Trinajstić information content (AvgIpc) is 3.10. The molecule has 0 amide bonds.